The first-order valence-corrected chi connectivity index (χ1v) is 9.39. The summed E-state index contributed by atoms with van der Waals surface area (Å²) in [6, 6.07) is 9.47. The van der Waals surface area contributed by atoms with Crippen molar-refractivity contribution in [1.29, 1.82) is 0 Å². The molecule has 0 atom stereocenters. The van der Waals surface area contributed by atoms with Crippen LogP contribution in [-0.2, 0) is 6.54 Å². The van der Waals surface area contributed by atoms with Gasteiger partial charge in [-0.05, 0) is 30.5 Å². The van der Waals surface area contributed by atoms with Gasteiger partial charge in [0.2, 0.25) is 11.7 Å². The van der Waals surface area contributed by atoms with Gasteiger partial charge in [0.05, 0.1) is 11.4 Å². The topological polar surface area (TPSA) is 75.4 Å². The zero-order valence-corrected chi connectivity index (χ0v) is 15.3. The minimum atomic E-state index is -0.00822. The fourth-order valence-corrected chi connectivity index (χ4v) is 3.60. The van der Waals surface area contributed by atoms with E-state index in [0.29, 0.717) is 37.0 Å². The maximum Gasteiger partial charge on any atom is 0.272 e. The Hall–Kier alpha value is -2.58. The van der Waals surface area contributed by atoms with E-state index in [-0.39, 0.29) is 5.91 Å². The molecule has 1 aliphatic heterocycles. The molecular formula is C18H19N5O2S. The van der Waals surface area contributed by atoms with E-state index in [9.17, 15) is 4.79 Å². The fourth-order valence-electron chi connectivity index (χ4n) is 2.95. The lowest BCUT2D eigenvalue weighted by Crippen LogP contribution is -2.48. The molecule has 7 nitrogen and oxygen atoms in total. The average Bonchev–Trinajstić information content (AvgIpc) is 3.33. The monoisotopic (exact) mass is 369 g/mol. The van der Waals surface area contributed by atoms with Gasteiger partial charge in [-0.2, -0.15) is 4.98 Å². The quantitative estimate of drug-likeness (QED) is 0.703. The minimum Gasteiger partial charge on any atom is -0.338 e. The number of piperazine rings is 1. The number of hydrogen-bond acceptors (Lipinski definition) is 7. The number of thiophene rings is 1. The summed E-state index contributed by atoms with van der Waals surface area (Å²) in [5.74, 6) is 1.23. The summed E-state index contributed by atoms with van der Waals surface area (Å²) in [6.07, 6.45) is 0. The summed E-state index contributed by atoms with van der Waals surface area (Å²) in [7, 11) is 0. The molecule has 0 spiro atoms. The maximum absolute atomic E-state index is 12.6. The highest BCUT2D eigenvalue weighted by Gasteiger charge is 2.24. The summed E-state index contributed by atoms with van der Waals surface area (Å²) in [4.78, 5) is 26.4. The first-order valence-electron chi connectivity index (χ1n) is 8.51. The number of carbonyl (C=O) groups is 1. The van der Waals surface area contributed by atoms with E-state index >= 15 is 0 Å². The molecule has 4 rings (SSSR count). The van der Waals surface area contributed by atoms with E-state index in [4.69, 9.17) is 4.52 Å². The van der Waals surface area contributed by atoms with Crippen molar-refractivity contribution in [2.45, 2.75) is 13.5 Å². The number of rotatable bonds is 4. The van der Waals surface area contributed by atoms with Crippen LogP contribution in [0.5, 0.6) is 0 Å². The molecule has 134 valence electrons. The predicted molar refractivity (Wildman–Crippen MR) is 97.8 cm³/mol. The molecule has 0 N–H and O–H groups in total. The summed E-state index contributed by atoms with van der Waals surface area (Å²) < 4.78 is 5.36. The van der Waals surface area contributed by atoms with Gasteiger partial charge in [0.15, 0.2) is 0 Å². The Morgan fingerprint density at radius 2 is 2.00 bits per heavy atom. The van der Waals surface area contributed by atoms with E-state index in [1.807, 2.05) is 41.5 Å². The summed E-state index contributed by atoms with van der Waals surface area (Å²) in [5.41, 5.74) is 1.36. The van der Waals surface area contributed by atoms with Crippen molar-refractivity contribution in [3.05, 3.63) is 53.0 Å². The predicted octanol–water partition coefficient (Wildman–Crippen LogP) is 2.46. The number of aromatic nitrogens is 3. The van der Waals surface area contributed by atoms with Crippen LogP contribution in [0.3, 0.4) is 0 Å². The lowest BCUT2D eigenvalue weighted by Gasteiger charge is -2.33. The van der Waals surface area contributed by atoms with Crippen LogP contribution >= 0.6 is 11.3 Å². The first kappa shape index (κ1) is 16.9. The third-order valence-corrected chi connectivity index (χ3v) is 5.20. The number of nitrogens with zero attached hydrogens (tertiary/aromatic N) is 5. The number of carbonyl (C=O) groups excluding carboxylic acids is 1. The van der Waals surface area contributed by atoms with Gasteiger partial charge in [-0.25, -0.2) is 4.98 Å². The van der Waals surface area contributed by atoms with Gasteiger partial charge in [-0.15, -0.1) is 11.3 Å². The third-order valence-electron chi connectivity index (χ3n) is 4.34. The zero-order valence-electron chi connectivity index (χ0n) is 14.5. The Morgan fingerprint density at radius 1 is 1.15 bits per heavy atom. The molecule has 1 amide bonds. The molecule has 0 unspecified atom stereocenters. The molecule has 0 aliphatic carbocycles. The van der Waals surface area contributed by atoms with Crippen molar-refractivity contribution in [2.24, 2.45) is 0 Å². The molecule has 1 fully saturated rings. The minimum absolute atomic E-state index is 0.00822. The van der Waals surface area contributed by atoms with E-state index in [0.717, 1.165) is 23.7 Å². The second-order valence-corrected chi connectivity index (χ2v) is 7.17. The second-order valence-electron chi connectivity index (χ2n) is 6.22. The van der Waals surface area contributed by atoms with Gasteiger partial charge < -0.3 is 9.42 Å². The molecule has 3 aromatic rings. The highest BCUT2D eigenvalue weighted by atomic mass is 32.1. The van der Waals surface area contributed by atoms with Gasteiger partial charge in [-0.3, -0.25) is 9.69 Å². The number of hydrogen-bond donors (Lipinski definition) is 0. The highest BCUT2D eigenvalue weighted by Crippen LogP contribution is 2.21. The average molecular weight is 369 g/mol. The molecule has 1 saturated heterocycles. The van der Waals surface area contributed by atoms with E-state index < -0.39 is 0 Å². The summed E-state index contributed by atoms with van der Waals surface area (Å²) in [6.45, 7) is 5.37. The van der Waals surface area contributed by atoms with Crippen LogP contribution in [0.4, 0.5) is 0 Å². The Morgan fingerprint density at radius 3 is 2.73 bits per heavy atom. The van der Waals surface area contributed by atoms with Crippen molar-refractivity contribution in [1.82, 2.24) is 24.9 Å². The molecule has 0 aromatic carbocycles. The van der Waals surface area contributed by atoms with Crippen molar-refractivity contribution < 1.29 is 9.32 Å². The van der Waals surface area contributed by atoms with Gasteiger partial charge >= 0.3 is 0 Å². The van der Waals surface area contributed by atoms with Crippen LogP contribution in [0.1, 0.15) is 22.1 Å². The van der Waals surface area contributed by atoms with Gasteiger partial charge in [0, 0.05) is 31.9 Å². The Balaban J connectivity index is 1.33. The maximum atomic E-state index is 12.6. The molecule has 26 heavy (non-hydrogen) atoms. The number of pyridine rings is 1. The molecular weight excluding hydrogens is 350 g/mol. The standard InChI is InChI=1S/C18H19N5O2S/c1-13-4-2-5-14(19-13)18(24)23-9-7-22(8-10-23)12-16-20-17(21-25-16)15-6-3-11-26-15/h2-6,11H,7-10,12H2,1H3. The number of amides is 1. The van der Waals surface area contributed by atoms with Crippen LogP contribution in [-0.4, -0.2) is 57.0 Å². The third kappa shape index (κ3) is 3.66. The SMILES string of the molecule is Cc1cccc(C(=O)N2CCN(Cc3nc(-c4cccs4)no3)CC2)n1. The lowest BCUT2D eigenvalue weighted by atomic mass is 10.2. The number of aryl methyl sites for hydroxylation is 1. The largest absolute Gasteiger partial charge is 0.338 e. The van der Waals surface area contributed by atoms with Crippen LogP contribution < -0.4 is 0 Å². The lowest BCUT2D eigenvalue weighted by molar-refractivity contribution is 0.0609. The van der Waals surface area contributed by atoms with Crippen molar-refractivity contribution in [3.63, 3.8) is 0 Å². The van der Waals surface area contributed by atoms with Crippen LogP contribution in [0.2, 0.25) is 0 Å². The van der Waals surface area contributed by atoms with Gasteiger partial charge in [0.1, 0.15) is 5.69 Å². The molecule has 0 bridgehead atoms. The van der Waals surface area contributed by atoms with E-state index in [1.165, 1.54) is 0 Å². The van der Waals surface area contributed by atoms with Crippen molar-refractivity contribution in [3.8, 4) is 10.7 Å². The van der Waals surface area contributed by atoms with Gasteiger partial charge in [-0.1, -0.05) is 17.3 Å². The normalized spacial score (nSPS) is 15.3. The fraction of sp³-hybridized carbons (Fsp3) is 0.333. The Kier molecular flexibility index (Phi) is 4.77. The van der Waals surface area contributed by atoms with E-state index in [1.54, 1.807) is 17.4 Å². The molecule has 3 aromatic heterocycles. The highest BCUT2D eigenvalue weighted by molar-refractivity contribution is 7.13. The van der Waals surface area contributed by atoms with Crippen molar-refractivity contribution in [2.75, 3.05) is 26.2 Å². The molecule has 4 heterocycles. The van der Waals surface area contributed by atoms with Crippen molar-refractivity contribution >= 4 is 17.2 Å². The molecule has 0 saturated carbocycles. The van der Waals surface area contributed by atoms with Crippen LogP contribution in [0.25, 0.3) is 10.7 Å². The molecule has 1 aliphatic rings. The van der Waals surface area contributed by atoms with Gasteiger partial charge in [0.25, 0.3) is 5.91 Å². The molecule has 8 heteroatoms. The first-order chi connectivity index (χ1) is 12.7. The van der Waals surface area contributed by atoms with E-state index in [2.05, 4.69) is 20.0 Å². The Labute approximate surface area is 155 Å². The smallest absolute Gasteiger partial charge is 0.272 e. The molecule has 0 radical (unpaired) electrons. The second kappa shape index (κ2) is 7.35. The zero-order chi connectivity index (χ0) is 17.9. The summed E-state index contributed by atoms with van der Waals surface area (Å²) >= 11 is 1.59. The summed E-state index contributed by atoms with van der Waals surface area (Å²) in [5, 5.41) is 6.03. The van der Waals surface area contributed by atoms with Crippen LogP contribution in [0.15, 0.2) is 40.2 Å². The van der Waals surface area contributed by atoms with Crippen LogP contribution in [0, 0.1) is 6.92 Å². The Bertz CT molecular complexity index is 885.